The molecule has 0 radical (unpaired) electrons. The summed E-state index contributed by atoms with van der Waals surface area (Å²) in [6.45, 7) is 2.91. The minimum absolute atomic E-state index is 0.0544. The van der Waals surface area contributed by atoms with Crippen molar-refractivity contribution in [2.24, 2.45) is 5.92 Å². The molecule has 1 fully saturated rings. The van der Waals surface area contributed by atoms with Gasteiger partial charge in [0, 0.05) is 11.6 Å². The Balaban J connectivity index is 2.06. The van der Waals surface area contributed by atoms with E-state index in [2.05, 4.69) is 12.2 Å². The van der Waals surface area contributed by atoms with Crippen LogP contribution in [0.25, 0.3) is 0 Å². The highest BCUT2D eigenvalue weighted by atomic mass is 19.2. The van der Waals surface area contributed by atoms with E-state index in [4.69, 9.17) is 0 Å². The molecule has 1 aromatic carbocycles. The number of hydrogen-bond donors (Lipinski definition) is 1. The highest BCUT2D eigenvalue weighted by Gasteiger charge is 2.24. The van der Waals surface area contributed by atoms with Crippen molar-refractivity contribution in [3.63, 3.8) is 0 Å². The van der Waals surface area contributed by atoms with E-state index in [1.807, 2.05) is 0 Å². The van der Waals surface area contributed by atoms with Gasteiger partial charge in [-0.05, 0) is 37.8 Å². The molecule has 0 spiro atoms. The van der Waals surface area contributed by atoms with Gasteiger partial charge in [0.2, 0.25) is 0 Å². The first-order chi connectivity index (χ1) is 8.72. The van der Waals surface area contributed by atoms with Gasteiger partial charge in [0.15, 0.2) is 11.6 Å². The van der Waals surface area contributed by atoms with E-state index in [0.29, 0.717) is 5.56 Å². The van der Waals surface area contributed by atoms with Crippen molar-refractivity contribution in [2.45, 2.75) is 45.1 Å². The third-order valence-electron chi connectivity index (χ3n) is 3.56. The molecule has 1 N–H and O–H groups in total. The third kappa shape index (κ3) is 3.52. The van der Waals surface area contributed by atoms with E-state index in [1.54, 1.807) is 12.1 Å². The van der Waals surface area contributed by atoms with E-state index in [9.17, 15) is 8.78 Å². The van der Waals surface area contributed by atoms with Crippen LogP contribution in [0.2, 0.25) is 0 Å². The maximum Gasteiger partial charge on any atom is 0.163 e. The predicted molar refractivity (Wildman–Crippen MR) is 69.4 cm³/mol. The van der Waals surface area contributed by atoms with Crippen molar-refractivity contribution in [3.8, 4) is 0 Å². The van der Waals surface area contributed by atoms with Gasteiger partial charge >= 0.3 is 0 Å². The first-order valence-electron chi connectivity index (χ1n) is 6.89. The Morgan fingerprint density at radius 1 is 1.33 bits per heavy atom. The quantitative estimate of drug-likeness (QED) is 0.768. The molecule has 0 aromatic heterocycles. The molecule has 1 nitrogen and oxygen atoms in total. The standard InChI is InChI=1S/C15H21F2N/c1-2-10-18-14(9-8-11-6-7-11)12-4-3-5-13(16)15(12)17/h3-5,11,14,18H,2,6-10H2,1H3. The smallest absolute Gasteiger partial charge is 0.163 e. The van der Waals surface area contributed by atoms with Crippen LogP contribution in [-0.2, 0) is 0 Å². The van der Waals surface area contributed by atoms with Gasteiger partial charge in [0.25, 0.3) is 0 Å². The Kier molecular flexibility index (Phi) is 4.70. The highest BCUT2D eigenvalue weighted by molar-refractivity contribution is 5.22. The van der Waals surface area contributed by atoms with Gasteiger partial charge in [-0.3, -0.25) is 0 Å². The van der Waals surface area contributed by atoms with Crippen molar-refractivity contribution in [2.75, 3.05) is 6.54 Å². The molecule has 18 heavy (non-hydrogen) atoms. The highest BCUT2D eigenvalue weighted by Crippen LogP contribution is 2.36. The molecule has 1 aliphatic rings. The van der Waals surface area contributed by atoms with Crippen LogP contribution in [0.5, 0.6) is 0 Å². The normalized spacial score (nSPS) is 16.8. The molecule has 0 amide bonds. The summed E-state index contributed by atoms with van der Waals surface area (Å²) < 4.78 is 27.1. The van der Waals surface area contributed by atoms with Crippen molar-refractivity contribution in [3.05, 3.63) is 35.4 Å². The fraction of sp³-hybridized carbons (Fsp3) is 0.600. The summed E-state index contributed by atoms with van der Waals surface area (Å²) in [5, 5.41) is 3.33. The molecule has 0 heterocycles. The van der Waals surface area contributed by atoms with Gasteiger partial charge in [0.1, 0.15) is 0 Å². The Morgan fingerprint density at radius 2 is 2.11 bits per heavy atom. The number of benzene rings is 1. The number of hydrogen-bond acceptors (Lipinski definition) is 1. The molecule has 100 valence electrons. The van der Waals surface area contributed by atoms with Crippen LogP contribution in [-0.4, -0.2) is 6.54 Å². The van der Waals surface area contributed by atoms with Crippen LogP contribution in [0.4, 0.5) is 8.78 Å². The van der Waals surface area contributed by atoms with Gasteiger partial charge in [-0.1, -0.05) is 31.9 Å². The first-order valence-corrected chi connectivity index (χ1v) is 6.89. The zero-order valence-corrected chi connectivity index (χ0v) is 10.9. The lowest BCUT2D eigenvalue weighted by Gasteiger charge is -2.19. The molecule has 3 heteroatoms. The lowest BCUT2D eigenvalue weighted by Crippen LogP contribution is -2.23. The van der Waals surface area contributed by atoms with E-state index < -0.39 is 11.6 Å². The lowest BCUT2D eigenvalue weighted by atomic mass is 9.99. The molecule has 1 unspecified atom stereocenters. The average molecular weight is 253 g/mol. The molecule has 1 aromatic rings. The summed E-state index contributed by atoms with van der Waals surface area (Å²) in [6, 6.07) is 4.40. The minimum Gasteiger partial charge on any atom is -0.310 e. The molecule has 2 rings (SSSR count). The van der Waals surface area contributed by atoms with Gasteiger partial charge in [0.05, 0.1) is 0 Å². The Hall–Kier alpha value is -0.960. The summed E-state index contributed by atoms with van der Waals surface area (Å²) in [7, 11) is 0. The van der Waals surface area contributed by atoms with Gasteiger partial charge in [-0.2, -0.15) is 0 Å². The zero-order valence-electron chi connectivity index (χ0n) is 10.9. The fourth-order valence-electron chi connectivity index (χ4n) is 2.28. The summed E-state index contributed by atoms with van der Waals surface area (Å²) in [6.07, 6.45) is 5.59. The summed E-state index contributed by atoms with van der Waals surface area (Å²) in [5.74, 6) is -0.628. The van der Waals surface area contributed by atoms with E-state index in [0.717, 1.165) is 31.7 Å². The predicted octanol–water partition coefficient (Wildman–Crippen LogP) is 4.20. The van der Waals surface area contributed by atoms with E-state index in [1.165, 1.54) is 18.9 Å². The zero-order chi connectivity index (χ0) is 13.0. The first kappa shape index (κ1) is 13.5. The van der Waals surface area contributed by atoms with Crippen LogP contribution in [0.15, 0.2) is 18.2 Å². The Morgan fingerprint density at radius 3 is 2.78 bits per heavy atom. The number of halogens is 2. The van der Waals surface area contributed by atoms with Crippen molar-refractivity contribution in [1.82, 2.24) is 5.32 Å². The summed E-state index contributed by atoms with van der Waals surface area (Å²) in [5.41, 5.74) is 0.476. The van der Waals surface area contributed by atoms with Crippen LogP contribution >= 0.6 is 0 Å². The van der Waals surface area contributed by atoms with Crippen LogP contribution in [0.1, 0.15) is 50.6 Å². The van der Waals surface area contributed by atoms with E-state index >= 15 is 0 Å². The molecule has 1 atom stereocenters. The van der Waals surface area contributed by atoms with Crippen LogP contribution in [0, 0.1) is 17.6 Å². The molecule has 0 aliphatic heterocycles. The Labute approximate surface area is 108 Å². The molecule has 0 bridgehead atoms. The Bertz CT molecular complexity index is 388. The second kappa shape index (κ2) is 6.28. The summed E-state index contributed by atoms with van der Waals surface area (Å²) in [4.78, 5) is 0. The maximum atomic E-state index is 13.8. The molecular weight excluding hydrogens is 232 g/mol. The second-order valence-electron chi connectivity index (χ2n) is 5.17. The topological polar surface area (TPSA) is 12.0 Å². The minimum atomic E-state index is -0.748. The lowest BCUT2D eigenvalue weighted by molar-refractivity contribution is 0.432. The van der Waals surface area contributed by atoms with Crippen LogP contribution in [0.3, 0.4) is 0 Å². The number of nitrogens with one attached hydrogen (secondary N) is 1. The monoisotopic (exact) mass is 253 g/mol. The maximum absolute atomic E-state index is 13.8. The van der Waals surface area contributed by atoms with Crippen molar-refractivity contribution < 1.29 is 8.78 Å². The van der Waals surface area contributed by atoms with Crippen molar-refractivity contribution >= 4 is 0 Å². The molecule has 1 saturated carbocycles. The molecule has 1 aliphatic carbocycles. The fourth-order valence-corrected chi connectivity index (χ4v) is 2.28. The average Bonchev–Trinajstić information content (AvgIpc) is 3.18. The van der Waals surface area contributed by atoms with Crippen LogP contribution < -0.4 is 5.32 Å². The SMILES string of the molecule is CCCNC(CCC1CC1)c1cccc(F)c1F. The molecular formula is C15H21F2N. The van der Waals surface area contributed by atoms with Crippen molar-refractivity contribution in [1.29, 1.82) is 0 Å². The summed E-state index contributed by atoms with van der Waals surface area (Å²) >= 11 is 0. The third-order valence-corrected chi connectivity index (χ3v) is 3.56. The van der Waals surface area contributed by atoms with Gasteiger partial charge in [-0.15, -0.1) is 0 Å². The second-order valence-corrected chi connectivity index (χ2v) is 5.17. The van der Waals surface area contributed by atoms with Gasteiger partial charge < -0.3 is 5.32 Å². The van der Waals surface area contributed by atoms with E-state index in [-0.39, 0.29) is 6.04 Å². The van der Waals surface area contributed by atoms with Gasteiger partial charge in [-0.25, -0.2) is 8.78 Å². The molecule has 0 saturated heterocycles. The largest absolute Gasteiger partial charge is 0.310 e. The number of rotatable bonds is 7.